The van der Waals surface area contributed by atoms with Gasteiger partial charge in [-0.1, -0.05) is 30.7 Å². The van der Waals surface area contributed by atoms with Gasteiger partial charge in [-0.15, -0.1) is 0 Å². The minimum absolute atomic E-state index is 0.0848. The van der Waals surface area contributed by atoms with Crippen LogP contribution in [0.2, 0.25) is 5.02 Å². The van der Waals surface area contributed by atoms with Gasteiger partial charge in [-0.3, -0.25) is 4.90 Å². The summed E-state index contributed by atoms with van der Waals surface area (Å²) in [5.74, 6) is 0.336. The average molecular weight is 270 g/mol. The van der Waals surface area contributed by atoms with Crippen LogP contribution in [-0.4, -0.2) is 47.0 Å². The average Bonchev–Trinajstić information content (AvgIpc) is 2.69. The molecule has 0 aromatic heterocycles. The highest BCUT2D eigenvalue weighted by Gasteiger charge is 2.31. The number of nitrogens with zero attached hydrogens (tertiary/aromatic N) is 1. The lowest BCUT2D eigenvalue weighted by atomic mass is 10.0. The molecule has 0 aliphatic carbocycles. The Morgan fingerprint density at radius 2 is 2.28 bits per heavy atom. The van der Waals surface area contributed by atoms with Crippen molar-refractivity contribution in [2.24, 2.45) is 0 Å². The van der Waals surface area contributed by atoms with Gasteiger partial charge in [0.1, 0.15) is 0 Å². The summed E-state index contributed by atoms with van der Waals surface area (Å²) in [5, 5.41) is 19.7. The van der Waals surface area contributed by atoms with Crippen LogP contribution in [0.4, 0.5) is 0 Å². The molecule has 2 rings (SSSR count). The second-order valence-corrected chi connectivity index (χ2v) is 5.57. The van der Waals surface area contributed by atoms with E-state index >= 15 is 0 Å². The Morgan fingerprint density at radius 1 is 1.50 bits per heavy atom. The van der Waals surface area contributed by atoms with Gasteiger partial charge in [0.15, 0.2) is 0 Å². The first-order valence-corrected chi connectivity index (χ1v) is 6.76. The monoisotopic (exact) mass is 269 g/mol. The van der Waals surface area contributed by atoms with E-state index in [0.29, 0.717) is 18.9 Å². The lowest BCUT2D eigenvalue weighted by molar-refractivity contribution is 0.150. The molecule has 0 bridgehead atoms. The van der Waals surface area contributed by atoms with Crippen LogP contribution < -0.4 is 0 Å². The molecule has 1 aliphatic rings. The quantitative estimate of drug-likeness (QED) is 0.877. The standard InChI is InChI=1S/C14H20ClNO2/c1-10(11-3-2-4-12(15)5-11)7-16-8-14(18)6-13(16)9-17/h2-5,10,13-14,17-18H,6-9H2,1H3/t10?,13-,14-/m0/s1. The summed E-state index contributed by atoms with van der Waals surface area (Å²) in [7, 11) is 0. The highest BCUT2D eigenvalue weighted by atomic mass is 35.5. The lowest BCUT2D eigenvalue weighted by Gasteiger charge is -2.26. The van der Waals surface area contributed by atoms with E-state index in [-0.39, 0.29) is 18.8 Å². The second-order valence-electron chi connectivity index (χ2n) is 5.14. The molecule has 1 aromatic carbocycles. The molecule has 1 aliphatic heterocycles. The maximum Gasteiger partial charge on any atom is 0.0683 e. The van der Waals surface area contributed by atoms with E-state index in [1.807, 2.05) is 18.2 Å². The molecule has 2 N–H and O–H groups in total. The Balaban J connectivity index is 2.00. The molecule has 18 heavy (non-hydrogen) atoms. The molecule has 3 atom stereocenters. The van der Waals surface area contributed by atoms with Crippen molar-refractivity contribution < 1.29 is 10.2 Å². The van der Waals surface area contributed by atoms with Gasteiger partial charge < -0.3 is 10.2 Å². The van der Waals surface area contributed by atoms with E-state index in [2.05, 4.69) is 17.9 Å². The molecular formula is C14H20ClNO2. The molecule has 0 radical (unpaired) electrons. The Kier molecular flexibility index (Phi) is 4.62. The van der Waals surface area contributed by atoms with Crippen molar-refractivity contribution >= 4 is 11.6 Å². The SMILES string of the molecule is CC(CN1C[C@@H](O)C[C@H]1CO)c1cccc(Cl)c1. The van der Waals surface area contributed by atoms with E-state index in [1.165, 1.54) is 5.56 Å². The maximum absolute atomic E-state index is 9.65. The molecule has 4 heteroatoms. The van der Waals surface area contributed by atoms with Gasteiger partial charge in [-0.05, 0) is 30.0 Å². The van der Waals surface area contributed by atoms with Gasteiger partial charge in [0, 0.05) is 24.2 Å². The zero-order valence-electron chi connectivity index (χ0n) is 10.6. The van der Waals surface area contributed by atoms with Crippen molar-refractivity contribution in [3.8, 4) is 0 Å². The van der Waals surface area contributed by atoms with E-state index in [1.54, 1.807) is 0 Å². The molecule has 1 unspecified atom stereocenters. The van der Waals surface area contributed by atoms with Crippen molar-refractivity contribution in [1.82, 2.24) is 4.90 Å². The van der Waals surface area contributed by atoms with Crippen LogP contribution >= 0.6 is 11.6 Å². The zero-order valence-corrected chi connectivity index (χ0v) is 11.3. The first kappa shape index (κ1) is 13.8. The highest BCUT2D eigenvalue weighted by Crippen LogP contribution is 2.24. The van der Waals surface area contributed by atoms with E-state index < -0.39 is 0 Å². The van der Waals surface area contributed by atoms with E-state index in [0.717, 1.165) is 11.6 Å². The van der Waals surface area contributed by atoms with Crippen LogP contribution in [0, 0.1) is 0 Å². The number of hydrogen-bond acceptors (Lipinski definition) is 3. The van der Waals surface area contributed by atoms with Gasteiger partial charge in [0.25, 0.3) is 0 Å². The molecule has 1 fully saturated rings. The summed E-state index contributed by atoms with van der Waals surface area (Å²) < 4.78 is 0. The third kappa shape index (κ3) is 3.23. The third-order valence-corrected chi connectivity index (χ3v) is 3.88. The summed E-state index contributed by atoms with van der Waals surface area (Å²) in [5.41, 5.74) is 1.19. The smallest absolute Gasteiger partial charge is 0.0683 e. The predicted octanol–water partition coefficient (Wildman–Crippen LogP) is 1.87. The molecule has 0 spiro atoms. The first-order chi connectivity index (χ1) is 8.60. The topological polar surface area (TPSA) is 43.7 Å². The van der Waals surface area contributed by atoms with E-state index in [4.69, 9.17) is 11.6 Å². The summed E-state index contributed by atoms with van der Waals surface area (Å²) in [6.07, 6.45) is 0.354. The largest absolute Gasteiger partial charge is 0.395 e. The molecule has 1 aromatic rings. The maximum atomic E-state index is 9.65. The Labute approximate surface area is 113 Å². The van der Waals surface area contributed by atoms with Gasteiger partial charge in [0.05, 0.1) is 12.7 Å². The number of hydrogen-bond donors (Lipinski definition) is 2. The number of benzene rings is 1. The normalized spacial score (nSPS) is 26.4. The molecule has 0 amide bonds. The van der Waals surface area contributed by atoms with Crippen LogP contribution in [0.3, 0.4) is 0 Å². The summed E-state index contributed by atoms with van der Waals surface area (Å²) in [4.78, 5) is 2.16. The number of rotatable bonds is 4. The minimum atomic E-state index is -0.311. The third-order valence-electron chi connectivity index (χ3n) is 3.64. The van der Waals surface area contributed by atoms with Gasteiger partial charge in [-0.25, -0.2) is 0 Å². The number of likely N-dealkylation sites (tertiary alicyclic amines) is 1. The summed E-state index contributed by atoms with van der Waals surface area (Å²) in [6.45, 7) is 3.74. The predicted molar refractivity (Wildman–Crippen MR) is 72.9 cm³/mol. The lowest BCUT2D eigenvalue weighted by Crippen LogP contribution is -2.35. The summed E-state index contributed by atoms with van der Waals surface area (Å²) in [6, 6.07) is 7.95. The number of aliphatic hydroxyl groups is 2. The Bertz CT molecular complexity index is 399. The fourth-order valence-electron chi connectivity index (χ4n) is 2.64. The van der Waals surface area contributed by atoms with E-state index in [9.17, 15) is 10.2 Å². The number of halogens is 1. The van der Waals surface area contributed by atoms with Crippen molar-refractivity contribution in [2.45, 2.75) is 31.4 Å². The van der Waals surface area contributed by atoms with Crippen LogP contribution in [-0.2, 0) is 0 Å². The Morgan fingerprint density at radius 3 is 2.94 bits per heavy atom. The van der Waals surface area contributed by atoms with Gasteiger partial charge in [-0.2, -0.15) is 0 Å². The second kappa shape index (κ2) is 6.02. The van der Waals surface area contributed by atoms with Gasteiger partial charge >= 0.3 is 0 Å². The van der Waals surface area contributed by atoms with Crippen LogP contribution in [0.1, 0.15) is 24.8 Å². The van der Waals surface area contributed by atoms with Crippen LogP contribution in [0.5, 0.6) is 0 Å². The van der Waals surface area contributed by atoms with Crippen molar-refractivity contribution in [3.63, 3.8) is 0 Å². The fraction of sp³-hybridized carbons (Fsp3) is 0.571. The first-order valence-electron chi connectivity index (χ1n) is 6.38. The van der Waals surface area contributed by atoms with Crippen molar-refractivity contribution in [3.05, 3.63) is 34.9 Å². The molecule has 100 valence electrons. The molecule has 3 nitrogen and oxygen atoms in total. The molecule has 1 heterocycles. The van der Waals surface area contributed by atoms with Gasteiger partial charge in [0.2, 0.25) is 0 Å². The van der Waals surface area contributed by atoms with Crippen molar-refractivity contribution in [2.75, 3.05) is 19.7 Å². The fourth-order valence-corrected chi connectivity index (χ4v) is 2.84. The highest BCUT2D eigenvalue weighted by molar-refractivity contribution is 6.30. The Hall–Kier alpha value is -0.610. The summed E-state index contributed by atoms with van der Waals surface area (Å²) >= 11 is 5.99. The van der Waals surface area contributed by atoms with Crippen molar-refractivity contribution in [1.29, 1.82) is 0 Å². The molecule has 1 saturated heterocycles. The van der Waals surface area contributed by atoms with Crippen LogP contribution in [0.25, 0.3) is 0 Å². The zero-order chi connectivity index (χ0) is 13.1. The minimum Gasteiger partial charge on any atom is -0.395 e. The number of aliphatic hydroxyl groups excluding tert-OH is 2. The molecular weight excluding hydrogens is 250 g/mol. The van der Waals surface area contributed by atoms with Crippen LogP contribution in [0.15, 0.2) is 24.3 Å². The molecule has 0 saturated carbocycles. The number of β-amino-alcohol motifs (C(OH)–C–C–N with tert-alkyl or cyclic N) is 1.